The maximum atomic E-state index is 12.8. The van der Waals surface area contributed by atoms with Gasteiger partial charge in [0, 0.05) is 12.6 Å². The standard InChI is InChI=1S/C20H20N2O3/c23-19(22(15-10-11-15)13-14-6-2-1-3-7-14)12-18-20(24)21-16-8-4-5-9-17(16)25-18/h1-9,15,18H,10-13H2,(H,21,24)/t18-/m0/s1. The Kier molecular flexibility index (Phi) is 4.14. The minimum atomic E-state index is -0.778. The molecular weight excluding hydrogens is 316 g/mol. The van der Waals surface area contributed by atoms with Gasteiger partial charge in [0.05, 0.1) is 12.1 Å². The molecule has 0 spiro atoms. The Morgan fingerprint density at radius 1 is 1.08 bits per heavy atom. The van der Waals surface area contributed by atoms with Crippen LogP contribution in [0.4, 0.5) is 5.69 Å². The summed E-state index contributed by atoms with van der Waals surface area (Å²) in [6, 6.07) is 17.5. The molecule has 2 aromatic rings. The third-order valence-electron chi connectivity index (χ3n) is 4.57. The molecule has 1 fully saturated rings. The molecule has 128 valence electrons. The van der Waals surface area contributed by atoms with E-state index in [-0.39, 0.29) is 24.3 Å². The highest BCUT2D eigenvalue weighted by molar-refractivity contribution is 6.00. The van der Waals surface area contributed by atoms with Crippen molar-refractivity contribution in [1.82, 2.24) is 4.90 Å². The molecule has 2 aliphatic rings. The average Bonchev–Trinajstić information content (AvgIpc) is 3.46. The number of amides is 2. The van der Waals surface area contributed by atoms with Crippen molar-refractivity contribution in [2.75, 3.05) is 5.32 Å². The third-order valence-corrected chi connectivity index (χ3v) is 4.57. The van der Waals surface area contributed by atoms with Crippen LogP contribution in [0.2, 0.25) is 0 Å². The van der Waals surface area contributed by atoms with Crippen LogP contribution in [0.3, 0.4) is 0 Å². The highest BCUT2D eigenvalue weighted by Gasteiger charge is 2.36. The van der Waals surface area contributed by atoms with Crippen LogP contribution >= 0.6 is 0 Å². The lowest BCUT2D eigenvalue weighted by Gasteiger charge is -2.28. The van der Waals surface area contributed by atoms with Crippen molar-refractivity contribution in [3.8, 4) is 5.75 Å². The molecule has 1 saturated carbocycles. The zero-order valence-electron chi connectivity index (χ0n) is 13.9. The average molecular weight is 336 g/mol. The first-order valence-electron chi connectivity index (χ1n) is 8.60. The molecule has 0 unspecified atom stereocenters. The Bertz CT molecular complexity index is 787. The predicted molar refractivity (Wildman–Crippen MR) is 94.1 cm³/mol. The molecule has 1 heterocycles. The van der Waals surface area contributed by atoms with E-state index in [1.165, 1.54) is 0 Å². The van der Waals surface area contributed by atoms with Crippen molar-refractivity contribution in [1.29, 1.82) is 0 Å². The summed E-state index contributed by atoms with van der Waals surface area (Å²) in [5.74, 6) is 0.314. The summed E-state index contributed by atoms with van der Waals surface area (Å²) in [6.07, 6.45) is 1.33. The molecule has 1 atom stereocenters. The molecule has 25 heavy (non-hydrogen) atoms. The highest BCUT2D eigenvalue weighted by Crippen LogP contribution is 2.32. The van der Waals surface area contributed by atoms with Crippen molar-refractivity contribution >= 4 is 17.5 Å². The van der Waals surface area contributed by atoms with Crippen LogP contribution in [0.5, 0.6) is 5.75 Å². The topological polar surface area (TPSA) is 58.6 Å². The van der Waals surface area contributed by atoms with E-state index in [4.69, 9.17) is 4.74 Å². The van der Waals surface area contributed by atoms with Gasteiger partial charge in [0.1, 0.15) is 5.75 Å². The first-order chi connectivity index (χ1) is 12.2. The molecule has 0 aromatic heterocycles. The van der Waals surface area contributed by atoms with Crippen LogP contribution in [0.1, 0.15) is 24.8 Å². The molecule has 0 bridgehead atoms. The summed E-state index contributed by atoms with van der Waals surface area (Å²) in [4.78, 5) is 27.0. The predicted octanol–water partition coefficient (Wildman–Crippen LogP) is 2.97. The fraction of sp³-hybridized carbons (Fsp3) is 0.300. The maximum absolute atomic E-state index is 12.8. The summed E-state index contributed by atoms with van der Waals surface area (Å²) in [5, 5.41) is 2.81. The first-order valence-corrected chi connectivity index (χ1v) is 8.60. The second kappa shape index (κ2) is 6.59. The van der Waals surface area contributed by atoms with Gasteiger partial charge in [0.15, 0.2) is 6.10 Å². The van der Waals surface area contributed by atoms with Gasteiger partial charge in [0.25, 0.3) is 5.91 Å². The van der Waals surface area contributed by atoms with Crippen molar-refractivity contribution < 1.29 is 14.3 Å². The first kappa shape index (κ1) is 15.7. The molecule has 0 radical (unpaired) electrons. The second-order valence-electron chi connectivity index (χ2n) is 6.53. The number of carbonyl (C=O) groups is 2. The molecule has 5 heteroatoms. The Balaban J connectivity index is 1.46. The number of ether oxygens (including phenoxy) is 1. The molecule has 2 aromatic carbocycles. The van der Waals surface area contributed by atoms with Crippen LogP contribution in [-0.2, 0) is 16.1 Å². The van der Waals surface area contributed by atoms with Crippen molar-refractivity contribution in [2.24, 2.45) is 0 Å². The summed E-state index contributed by atoms with van der Waals surface area (Å²) in [5.41, 5.74) is 1.75. The molecule has 1 N–H and O–H groups in total. The fourth-order valence-electron chi connectivity index (χ4n) is 3.09. The lowest BCUT2D eigenvalue weighted by molar-refractivity contribution is -0.138. The molecule has 4 rings (SSSR count). The number of benzene rings is 2. The minimum absolute atomic E-state index is 0.0362. The molecule has 1 aliphatic heterocycles. The van der Waals surface area contributed by atoms with Crippen molar-refractivity contribution in [2.45, 2.75) is 38.0 Å². The quantitative estimate of drug-likeness (QED) is 0.913. The summed E-state index contributed by atoms with van der Waals surface area (Å²) in [7, 11) is 0. The maximum Gasteiger partial charge on any atom is 0.266 e. The molecule has 5 nitrogen and oxygen atoms in total. The van der Waals surface area contributed by atoms with Crippen LogP contribution < -0.4 is 10.1 Å². The smallest absolute Gasteiger partial charge is 0.266 e. The number of hydrogen-bond donors (Lipinski definition) is 1. The fourth-order valence-corrected chi connectivity index (χ4v) is 3.09. The number of rotatable bonds is 5. The monoisotopic (exact) mass is 336 g/mol. The number of nitrogens with one attached hydrogen (secondary N) is 1. The summed E-state index contributed by atoms with van der Waals surface area (Å²) < 4.78 is 5.76. The van der Waals surface area contributed by atoms with Gasteiger partial charge in [-0.05, 0) is 30.5 Å². The van der Waals surface area contributed by atoms with Crippen LogP contribution in [0, 0.1) is 0 Å². The Morgan fingerprint density at radius 2 is 1.80 bits per heavy atom. The summed E-state index contributed by atoms with van der Waals surface area (Å²) >= 11 is 0. The van der Waals surface area contributed by atoms with E-state index < -0.39 is 6.10 Å². The van der Waals surface area contributed by atoms with Gasteiger partial charge in [-0.2, -0.15) is 0 Å². The van der Waals surface area contributed by atoms with Crippen LogP contribution in [0.15, 0.2) is 54.6 Å². The van der Waals surface area contributed by atoms with Crippen molar-refractivity contribution in [3.63, 3.8) is 0 Å². The van der Waals surface area contributed by atoms with Gasteiger partial charge < -0.3 is 15.0 Å². The van der Waals surface area contributed by atoms with Gasteiger partial charge in [0.2, 0.25) is 5.91 Å². The van der Waals surface area contributed by atoms with Gasteiger partial charge in [-0.1, -0.05) is 42.5 Å². The Hall–Kier alpha value is -2.82. The number of nitrogens with zero attached hydrogens (tertiary/aromatic N) is 1. The molecular formula is C20H20N2O3. The highest BCUT2D eigenvalue weighted by atomic mass is 16.5. The normalized spacial score (nSPS) is 18.7. The Labute approximate surface area is 146 Å². The van der Waals surface area contributed by atoms with E-state index in [2.05, 4.69) is 5.32 Å². The van der Waals surface area contributed by atoms with E-state index in [1.54, 1.807) is 12.1 Å². The number of fused-ring (bicyclic) bond motifs is 1. The largest absolute Gasteiger partial charge is 0.478 e. The van der Waals surface area contributed by atoms with Crippen molar-refractivity contribution in [3.05, 3.63) is 60.2 Å². The number of hydrogen-bond acceptors (Lipinski definition) is 3. The third kappa shape index (κ3) is 3.50. The SMILES string of the molecule is O=C1Nc2ccccc2O[C@H]1CC(=O)N(Cc1ccccc1)C1CC1. The Morgan fingerprint density at radius 3 is 2.56 bits per heavy atom. The number of para-hydroxylation sites is 2. The van der Waals surface area contributed by atoms with E-state index in [0.717, 1.165) is 18.4 Å². The number of anilines is 1. The van der Waals surface area contributed by atoms with E-state index >= 15 is 0 Å². The zero-order valence-corrected chi connectivity index (χ0v) is 13.9. The van der Waals surface area contributed by atoms with Crippen LogP contribution in [-0.4, -0.2) is 28.9 Å². The lowest BCUT2D eigenvalue weighted by atomic mass is 10.1. The van der Waals surface area contributed by atoms with E-state index in [1.807, 2.05) is 47.4 Å². The van der Waals surface area contributed by atoms with Gasteiger partial charge in [-0.3, -0.25) is 9.59 Å². The van der Waals surface area contributed by atoms with Gasteiger partial charge in [-0.25, -0.2) is 0 Å². The number of carbonyl (C=O) groups excluding carboxylic acids is 2. The zero-order chi connectivity index (χ0) is 17.2. The molecule has 1 aliphatic carbocycles. The van der Waals surface area contributed by atoms with E-state index in [9.17, 15) is 9.59 Å². The molecule has 2 amide bonds. The van der Waals surface area contributed by atoms with Gasteiger partial charge >= 0.3 is 0 Å². The minimum Gasteiger partial charge on any atom is -0.478 e. The van der Waals surface area contributed by atoms with Crippen LogP contribution in [0.25, 0.3) is 0 Å². The second-order valence-corrected chi connectivity index (χ2v) is 6.53. The van der Waals surface area contributed by atoms with E-state index in [0.29, 0.717) is 18.0 Å². The summed E-state index contributed by atoms with van der Waals surface area (Å²) in [6.45, 7) is 0.579. The molecule has 0 saturated heterocycles. The lowest BCUT2D eigenvalue weighted by Crippen LogP contribution is -2.42. The van der Waals surface area contributed by atoms with Gasteiger partial charge in [-0.15, -0.1) is 0 Å².